The number of carbonyl (C=O) groups is 1. The van der Waals surface area contributed by atoms with E-state index in [4.69, 9.17) is 9.52 Å². The van der Waals surface area contributed by atoms with E-state index in [1.807, 2.05) is 24.4 Å². The van der Waals surface area contributed by atoms with Gasteiger partial charge in [-0.2, -0.15) is 0 Å². The Morgan fingerprint density at radius 3 is 2.95 bits per heavy atom. The molecule has 2 heterocycles. The molecule has 2 aromatic heterocycles. The minimum absolute atomic E-state index is 0.133. The number of nitrogens with zero attached hydrogens (tertiary/aromatic N) is 1. The fourth-order valence-corrected chi connectivity index (χ4v) is 2.72. The molecule has 0 radical (unpaired) electrons. The van der Waals surface area contributed by atoms with E-state index < -0.39 is 0 Å². The van der Waals surface area contributed by atoms with Gasteiger partial charge >= 0.3 is 0 Å². The molecule has 0 aromatic carbocycles. The number of amides is 1. The predicted octanol–water partition coefficient (Wildman–Crippen LogP) is 2.52. The van der Waals surface area contributed by atoms with Crippen LogP contribution in [-0.4, -0.2) is 29.6 Å². The molecule has 0 spiro atoms. The lowest BCUT2D eigenvalue weighted by atomic mass is 10.3. The number of aryl methyl sites for hydroxylation is 1. The molecule has 1 amide bonds. The Kier molecular flexibility index (Phi) is 5.20. The molecule has 0 aliphatic rings. The van der Waals surface area contributed by atoms with Crippen molar-refractivity contribution in [3.63, 3.8) is 0 Å². The Morgan fingerprint density at radius 2 is 2.29 bits per heavy atom. The average molecular weight is 303 g/mol. The van der Waals surface area contributed by atoms with E-state index in [1.165, 1.54) is 0 Å². The topological polar surface area (TPSA) is 53.7 Å². The van der Waals surface area contributed by atoms with Crippen LogP contribution in [0.1, 0.15) is 33.7 Å². The number of aliphatic hydroxyl groups is 1. The van der Waals surface area contributed by atoms with Gasteiger partial charge in [-0.05, 0) is 18.2 Å². The quantitative estimate of drug-likeness (QED) is 0.883. The molecular formula is C16H17NO3S. The van der Waals surface area contributed by atoms with Crippen molar-refractivity contribution in [1.29, 1.82) is 0 Å². The lowest BCUT2D eigenvalue weighted by molar-refractivity contribution is 0.0753. The summed E-state index contributed by atoms with van der Waals surface area (Å²) in [6, 6.07) is 5.47. The highest BCUT2D eigenvalue weighted by Crippen LogP contribution is 2.17. The molecule has 0 aliphatic carbocycles. The highest BCUT2D eigenvalue weighted by Gasteiger charge is 2.16. The van der Waals surface area contributed by atoms with E-state index in [-0.39, 0.29) is 12.5 Å². The van der Waals surface area contributed by atoms with Crippen molar-refractivity contribution in [3.05, 3.63) is 45.5 Å². The molecule has 0 bridgehead atoms. The smallest absolute Gasteiger partial charge is 0.289 e. The van der Waals surface area contributed by atoms with Gasteiger partial charge in [0.1, 0.15) is 12.4 Å². The van der Waals surface area contributed by atoms with E-state index in [9.17, 15) is 4.79 Å². The fourth-order valence-electron chi connectivity index (χ4n) is 1.85. The Bertz CT molecular complexity index is 675. The SMILES string of the molecule is CCc1ccc(C(=O)N(C)Cc2cc(C#CCO)cs2)o1. The molecule has 1 N–H and O–H groups in total. The summed E-state index contributed by atoms with van der Waals surface area (Å²) in [5.41, 5.74) is 0.858. The molecule has 0 saturated heterocycles. The van der Waals surface area contributed by atoms with Crippen molar-refractivity contribution in [3.8, 4) is 11.8 Å². The summed E-state index contributed by atoms with van der Waals surface area (Å²) in [5, 5.41) is 10.6. The molecule has 0 fully saturated rings. The zero-order valence-electron chi connectivity index (χ0n) is 12.0. The molecule has 0 aliphatic heterocycles. The van der Waals surface area contributed by atoms with E-state index in [0.29, 0.717) is 12.3 Å². The highest BCUT2D eigenvalue weighted by molar-refractivity contribution is 7.10. The monoisotopic (exact) mass is 303 g/mol. The second-order valence-corrected chi connectivity index (χ2v) is 5.54. The number of thiophene rings is 1. The molecule has 0 saturated carbocycles. The number of carbonyl (C=O) groups excluding carboxylic acids is 1. The third kappa shape index (κ3) is 3.97. The first kappa shape index (κ1) is 15.4. The second-order valence-electron chi connectivity index (χ2n) is 4.54. The number of hydrogen-bond donors (Lipinski definition) is 1. The van der Waals surface area contributed by atoms with Crippen LogP contribution in [0.4, 0.5) is 0 Å². The third-order valence-corrected chi connectivity index (χ3v) is 3.85. The van der Waals surface area contributed by atoms with Crippen LogP contribution in [0.2, 0.25) is 0 Å². The van der Waals surface area contributed by atoms with Crippen molar-refractivity contribution < 1.29 is 14.3 Å². The van der Waals surface area contributed by atoms with Gasteiger partial charge in [-0.15, -0.1) is 11.3 Å². The summed E-state index contributed by atoms with van der Waals surface area (Å²) >= 11 is 1.54. The molecule has 2 aromatic rings. The van der Waals surface area contributed by atoms with Gasteiger partial charge in [0.15, 0.2) is 5.76 Å². The fraction of sp³-hybridized carbons (Fsp3) is 0.312. The summed E-state index contributed by atoms with van der Waals surface area (Å²) in [4.78, 5) is 14.9. The minimum atomic E-state index is -0.151. The van der Waals surface area contributed by atoms with Crippen LogP contribution in [0.25, 0.3) is 0 Å². The van der Waals surface area contributed by atoms with Gasteiger partial charge < -0.3 is 14.4 Å². The molecular weight excluding hydrogens is 286 g/mol. The normalized spacial score (nSPS) is 10.0. The van der Waals surface area contributed by atoms with Crippen LogP contribution < -0.4 is 0 Å². The van der Waals surface area contributed by atoms with Gasteiger partial charge in [0.2, 0.25) is 0 Å². The lowest BCUT2D eigenvalue weighted by Gasteiger charge is -2.14. The van der Waals surface area contributed by atoms with Crippen molar-refractivity contribution >= 4 is 17.2 Å². The first-order chi connectivity index (χ1) is 10.1. The minimum Gasteiger partial charge on any atom is -0.456 e. The molecule has 0 atom stereocenters. The Morgan fingerprint density at radius 1 is 1.48 bits per heavy atom. The maximum atomic E-state index is 12.2. The lowest BCUT2D eigenvalue weighted by Crippen LogP contribution is -2.25. The van der Waals surface area contributed by atoms with Crippen LogP contribution >= 0.6 is 11.3 Å². The number of furan rings is 1. The summed E-state index contributed by atoms with van der Waals surface area (Å²) in [6.07, 6.45) is 0.773. The van der Waals surface area contributed by atoms with Crippen molar-refractivity contribution in [2.24, 2.45) is 0 Å². The zero-order valence-corrected chi connectivity index (χ0v) is 12.9. The number of rotatable bonds is 4. The van der Waals surface area contributed by atoms with Crippen LogP contribution in [0, 0.1) is 11.8 Å². The van der Waals surface area contributed by atoms with Crippen LogP contribution in [0.5, 0.6) is 0 Å². The molecule has 0 unspecified atom stereocenters. The van der Waals surface area contributed by atoms with Gasteiger partial charge in [-0.1, -0.05) is 18.8 Å². The Hall–Kier alpha value is -2.03. The summed E-state index contributed by atoms with van der Waals surface area (Å²) < 4.78 is 5.47. The maximum absolute atomic E-state index is 12.2. The first-order valence-corrected chi connectivity index (χ1v) is 7.53. The standard InChI is InChI=1S/C16H17NO3S/c1-3-13-6-7-15(20-13)16(19)17(2)10-14-9-12(11-21-14)5-4-8-18/h6-7,9,11,18H,3,8,10H2,1-2H3. The number of aliphatic hydroxyl groups excluding tert-OH is 1. The molecule has 5 heteroatoms. The summed E-state index contributed by atoms with van der Waals surface area (Å²) in [6.45, 7) is 2.34. The van der Waals surface area contributed by atoms with Crippen molar-refractivity contribution in [1.82, 2.24) is 4.90 Å². The highest BCUT2D eigenvalue weighted by atomic mass is 32.1. The maximum Gasteiger partial charge on any atom is 0.289 e. The van der Waals surface area contributed by atoms with Crippen LogP contribution in [-0.2, 0) is 13.0 Å². The molecule has 110 valence electrons. The van der Waals surface area contributed by atoms with Crippen LogP contribution in [0.15, 0.2) is 28.0 Å². The Balaban J connectivity index is 2.01. The third-order valence-electron chi connectivity index (χ3n) is 2.93. The van der Waals surface area contributed by atoms with Crippen molar-refractivity contribution in [2.75, 3.05) is 13.7 Å². The van der Waals surface area contributed by atoms with Gasteiger partial charge in [-0.3, -0.25) is 4.79 Å². The zero-order chi connectivity index (χ0) is 15.2. The van der Waals surface area contributed by atoms with E-state index >= 15 is 0 Å². The largest absolute Gasteiger partial charge is 0.456 e. The molecule has 2 rings (SSSR count). The summed E-state index contributed by atoms with van der Waals surface area (Å²) in [5.74, 6) is 6.50. The van der Waals surface area contributed by atoms with Gasteiger partial charge in [0, 0.05) is 29.3 Å². The Labute approximate surface area is 128 Å². The predicted molar refractivity (Wildman–Crippen MR) is 82.2 cm³/mol. The second kappa shape index (κ2) is 7.11. The van der Waals surface area contributed by atoms with E-state index in [0.717, 1.165) is 22.6 Å². The van der Waals surface area contributed by atoms with Crippen molar-refractivity contribution in [2.45, 2.75) is 19.9 Å². The molecule has 4 nitrogen and oxygen atoms in total. The van der Waals surface area contributed by atoms with Gasteiger partial charge in [0.25, 0.3) is 5.91 Å². The van der Waals surface area contributed by atoms with E-state index in [2.05, 4.69) is 11.8 Å². The average Bonchev–Trinajstić information content (AvgIpc) is 3.13. The van der Waals surface area contributed by atoms with E-state index in [1.54, 1.807) is 29.4 Å². The van der Waals surface area contributed by atoms with Crippen LogP contribution in [0.3, 0.4) is 0 Å². The van der Waals surface area contributed by atoms with Gasteiger partial charge in [-0.25, -0.2) is 0 Å². The first-order valence-electron chi connectivity index (χ1n) is 6.65. The van der Waals surface area contributed by atoms with Gasteiger partial charge in [0.05, 0.1) is 6.54 Å². The molecule has 21 heavy (non-hydrogen) atoms. The summed E-state index contributed by atoms with van der Waals surface area (Å²) in [7, 11) is 1.75. The number of hydrogen-bond acceptors (Lipinski definition) is 4.